The molecule has 0 amide bonds. The first kappa shape index (κ1) is 15.4. The molecular weight excluding hydrogens is 269 g/mol. The number of halogens is 1. The predicted octanol–water partition coefficient (Wildman–Crippen LogP) is 3.66. The van der Waals surface area contributed by atoms with Crippen molar-refractivity contribution in [1.29, 1.82) is 0 Å². The second kappa shape index (κ2) is 6.68. The van der Waals surface area contributed by atoms with Crippen LogP contribution < -0.4 is 4.74 Å². The Morgan fingerprint density at radius 3 is 2.38 bits per heavy atom. The molecule has 1 aromatic carbocycles. The molecule has 4 heteroatoms. The molecule has 0 aliphatic carbocycles. The summed E-state index contributed by atoms with van der Waals surface area (Å²) < 4.78 is 18.5. The summed E-state index contributed by atoms with van der Waals surface area (Å²) in [6, 6.07) is 10.1. The molecule has 112 valence electrons. The lowest BCUT2D eigenvalue weighted by Crippen LogP contribution is -2.27. The van der Waals surface area contributed by atoms with Gasteiger partial charge in [0.05, 0.1) is 18.5 Å². The highest BCUT2D eigenvalue weighted by Crippen LogP contribution is 2.32. The Kier molecular flexibility index (Phi) is 4.91. The predicted molar refractivity (Wildman–Crippen MR) is 79.7 cm³/mol. The molecule has 0 saturated carbocycles. The minimum absolute atomic E-state index is 0.416. The highest BCUT2D eigenvalue weighted by molar-refractivity contribution is 5.36. The van der Waals surface area contributed by atoms with Gasteiger partial charge in [0.25, 0.3) is 0 Å². The normalized spacial score (nSPS) is 13.7. The van der Waals surface area contributed by atoms with Gasteiger partial charge in [0.2, 0.25) is 0 Å². The number of hydrogen-bond donors (Lipinski definition) is 1. The standard InChI is InChI=1S/C17H20FNO2/c1-3-11-21-15-8-5-13(6-9-15)17(20,4-2)16-10-7-14(18)12-19-16/h5-10,12,20H,3-4,11H2,1-2H3. The molecule has 1 N–H and O–H groups in total. The SMILES string of the molecule is CCCOc1ccc(C(O)(CC)c2ccc(F)cn2)cc1. The highest BCUT2D eigenvalue weighted by Gasteiger charge is 2.31. The maximum absolute atomic E-state index is 13.0. The van der Waals surface area contributed by atoms with Crippen molar-refractivity contribution in [2.24, 2.45) is 0 Å². The molecule has 0 fully saturated rings. The first-order chi connectivity index (χ1) is 10.1. The Morgan fingerprint density at radius 2 is 1.86 bits per heavy atom. The fourth-order valence-corrected chi connectivity index (χ4v) is 2.20. The molecule has 0 bridgehead atoms. The summed E-state index contributed by atoms with van der Waals surface area (Å²) in [6.07, 6.45) is 2.51. The molecule has 0 spiro atoms. The van der Waals surface area contributed by atoms with Gasteiger partial charge in [-0.3, -0.25) is 4.98 Å². The van der Waals surface area contributed by atoms with Crippen LogP contribution in [0.4, 0.5) is 4.39 Å². The number of ether oxygens (including phenoxy) is 1. The van der Waals surface area contributed by atoms with E-state index < -0.39 is 11.4 Å². The number of aliphatic hydroxyl groups is 1. The highest BCUT2D eigenvalue weighted by atomic mass is 19.1. The third-order valence-corrected chi connectivity index (χ3v) is 3.47. The Hall–Kier alpha value is -1.94. The molecule has 2 aromatic rings. The molecule has 1 atom stereocenters. The molecule has 2 rings (SSSR count). The lowest BCUT2D eigenvalue weighted by Gasteiger charge is -2.27. The summed E-state index contributed by atoms with van der Waals surface area (Å²) >= 11 is 0. The van der Waals surface area contributed by atoms with Gasteiger partial charge in [0.1, 0.15) is 17.2 Å². The van der Waals surface area contributed by atoms with Gasteiger partial charge in [0.15, 0.2) is 0 Å². The fraction of sp³-hybridized carbons (Fsp3) is 0.353. The minimum atomic E-state index is -1.23. The van der Waals surface area contributed by atoms with Gasteiger partial charge < -0.3 is 9.84 Å². The van der Waals surface area contributed by atoms with Crippen molar-refractivity contribution < 1.29 is 14.2 Å². The molecule has 21 heavy (non-hydrogen) atoms. The van der Waals surface area contributed by atoms with Crippen LogP contribution >= 0.6 is 0 Å². The van der Waals surface area contributed by atoms with Gasteiger partial charge in [-0.1, -0.05) is 26.0 Å². The maximum Gasteiger partial charge on any atom is 0.141 e. The van der Waals surface area contributed by atoms with Crippen molar-refractivity contribution in [2.45, 2.75) is 32.3 Å². The zero-order valence-corrected chi connectivity index (χ0v) is 12.3. The third kappa shape index (κ3) is 3.39. The number of pyridine rings is 1. The van der Waals surface area contributed by atoms with Crippen LogP contribution in [0, 0.1) is 5.82 Å². The van der Waals surface area contributed by atoms with E-state index in [1.165, 1.54) is 12.1 Å². The Labute approximate surface area is 124 Å². The topological polar surface area (TPSA) is 42.4 Å². The maximum atomic E-state index is 13.0. The number of hydrogen-bond acceptors (Lipinski definition) is 3. The smallest absolute Gasteiger partial charge is 0.141 e. The zero-order valence-electron chi connectivity index (χ0n) is 12.3. The van der Waals surface area contributed by atoms with Gasteiger partial charge in [0, 0.05) is 0 Å². The minimum Gasteiger partial charge on any atom is -0.494 e. The quantitative estimate of drug-likeness (QED) is 0.882. The fourth-order valence-electron chi connectivity index (χ4n) is 2.20. The van der Waals surface area contributed by atoms with E-state index in [0.717, 1.165) is 18.4 Å². The molecule has 3 nitrogen and oxygen atoms in total. The monoisotopic (exact) mass is 289 g/mol. The van der Waals surface area contributed by atoms with E-state index in [1.807, 2.05) is 38.1 Å². The van der Waals surface area contributed by atoms with Crippen LogP contribution in [0.2, 0.25) is 0 Å². The lowest BCUT2D eigenvalue weighted by molar-refractivity contribution is 0.0717. The van der Waals surface area contributed by atoms with Crippen LogP contribution in [0.25, 0.3) is 0 Å². The van der Waals surface area contributed by atoms with Crippen LogP contribution in [0.1, 0.15) is 37.9 Å². The molecule has 1 aromatic heterocycles. The number of rotatable bonds is 6. The second-order valence-corrected chi connectivity index (χ2v) is 4.95. The van der Waals surface area contributed by atoms with Crippen molar-refractivity contribution in [3.8, 4) is 5.75 Å². The Balaban J connectivity index is 2.29. The van der Waals surface area contributed by atoms with Crippen molar-refractivity contribution >= 4 is 0 Å². The van der Waals surface area contributed by atoms with E-state index in [0.29, 0.717) is 24.3 Å². The van der Waals surface area contributed by atoms with Gasteiger partial charge in [-0.15, -0.1) is 0 Å². The van der Waals surface area contributed by atoms with Gasteiger partial charge >= 0.3 is 0 Å². The summed E-state index contributed by atoms with van der Waals surface area (Å²) in [7, 11) is 0. The summed E-state index contributed by atoms with van der Waals surface area (Å²) in [5.74, 6) is 0.353. The van der Waals surface area contributed by atoms with Gasteiger partial charge in [-0.05, 0) is 42.7 Å². The van der Waals surface area contributed by atoms with Crippen molar-refractivity contribution in [3.05, 3.63) is 59.7 Å². The van der Waals surface area contributed by atoms with Crippen LogP contribution in [0.15, 0.2) is 42.6 Å². The Bertz CT molecular complexity index is 568. The number of benzene rings is 1. The van der Waals surface area contributed by atoms with Crippen LogP contribution in [0.5, 0.6) is 5.75 Å². The average molecular weight is 289 g/mol. The van der Waals surface area contributed by atoms with Crippen LogP contribution in [-0.2, 0) is 5.60 Å². The third-order valence-electron chi connectivity index (χ3n) is 3.47. The van der Waals surface area contributed by atoms with E-state index in [1.54, 1.807) is 0 Å². The molecule has 1 unspecified atom stereocenters. The van der Waals surface area contributed by atoms with Gasteiger partial charge in [-0.25, -0.2) is 4.39 Å². The van der Waals surface area contributed by atoms with E-state index in [-0.39, 0.29) is 0 Å². The summed E-state index contributed by atoms with van der Waals surface area (Å²) in [4.78, 5) is 4.01. The van der Waals surface area contributed by atoms with Crippen molar-refractivity contribution in [2.75, 3.05) is 6.61 Å². The van der Waals surface area contributed by atoms with E-state index in [2.05, 4.69) is 4.98 Å². The van der Waals surface area contributed by atoms with E-state index >= 15 is 0 Å². The summed E-state index contributed by atoms with van der Waals surface area (Å²) in [6.45, 7) is 4.58. The summed E-state index contributed by atoms with van der Waals surface area (Å²) in [5.41, 5.74) is -0.0710. The van der Waals surface area contributed by atoms with Gasteiger partial charge in [-0.2, -0.15) is 0 Å². The van der Waals surface area contributed by atoms with Crippen molar-refractivity contribution in [3.63, 3.8) is 0 Å². The molecular formula is C17H20FNO2. The molecule has 0 aliphatic heterocycles. The first-order valence-corrected chi connectivity index (χ1v) is 7.18. The second-order valence-electron chi connectivity index (χ2n) is 4.95. The molecule has 0 radical (unpaired) electrons. The van der Waals surface area contributed by atoms with E-state index in [4.69, 9.17) is 4.74 Å². The largest absolute Gasteiger partial charge is 0.494 e. The number of aromatic nitrogens is 1. The summed E-state index contributed by atoms with van der Waals surface area (Å²) in [5, 5.41) is 10.9. The molecule has 0 saturated heterocycles. The van der Waals surface area contributed by atoms with Crippen LogP contribution in [-0.4, -0.2) is 16.7 Å². The molecule has 0 aliphatic rings. The molecule has 1 heterocycles. The van der Waals surface area contributed by atoms with Crippen LogP contribution in [0.3, 0.4) is 0 Å². The lowest BCUT2D eigenvalue weighted by atomic mass is 9.87. The number of nitrogens with zero attached hydrogens (tertiary/aromatic N) is 1. The zero-order chi connectivity index (χ0) is 15.3. The first-order valence-electron chi connectivity index (χ1n) is 7.18. The average Bonchev–Trinajstić information content (AvgIpc) is 2.53. The van der Waals surface area contributed by atoms with Crippen molar-refractivity contribution in [1.82, 2.24) is 4.98 Å². The van der Waals surface area contributed by atoms with E-state index in [9.17, 15) is 9.50 Å². The Morgan fingerprint density at radius 1 is 1.14 bits per heavy atom.